The van der Waals surface area contributed by atoms with Crippen molar-refractivity contribution < 1.29 is 24.6 Å². The number of amides is 2. The van der Waals surface area contributed by atoms with Crippen LogP contribution in [0.4, 0.5) is 5.69 Å². The molecule has 0 unspecified atom stereocenters. The average molecular weight is 277 g/mol. The third kappa shape index (κ3) is 2.03. The van der Waals surface area contributed by atoms with Crippen LogP contribution in [-0.2, 0) is 9.59 Å². The van der Waals surface area contributed by atoms with E-state index in [1.165, 1.54) is 12.1 Å². The van der Waals surface area contributed by atoms with Gasteiger partial charge in [0.2, 0.25) is 11.8 Å². The van der Waals surface area contributed by atoms with E-state index in [0.29, 0.717) is 6.42 Å². The molecular weight excluding hydrogens is 262 g/mol. The average Bonchev–Trinajstić information content (AvgIpc) is 2.60. The Morgan fingerprint density at radius 1 is 1.40 bits per heavy atom. The van der Waals surface area contributed by atoms with Gasteiger partial charge in [0, 0.05) is 12.5 Å². The van der Waals surface area contributed by atoms with Crippen molar-refractivity contribution in [3.8, 4) is 5.75 Å². The molecule has 1 aliphatic heterocycles. The van der Waals surface area contributed by atoms with Crippen molar-refractivity contribution in [2.45, 2.75) is 26.7 Å². The number of imide groups is 1. The summed E-state index contributed by atoms with van der Waals surface area (Å²) in [6.45, 7) is 3.55. The molecule has 1 heterocycles. The summed E-state index contributed by atoms with van der Waals surface area (Å²) in [5.74, 6) is -2.42. The van der Waals surface area contributed by atoms with Gasteiger partial charge in [-0.2, -0.15) is 0 Å². The molecule has 6 nitrogen and oxygen atoms in total. The molecule has 1 aromatic rings. The van der Waals surface area contributed by atoms with E-state index in [2.05, 4.69) is 0 Å². The molecule has 2 rings (SSSR count). The van der Waals surface area contributed by atoms with Crippen LogP contribution in [0.3, 0.4) is 0 Å². The fourth-order valence-corrected chi connectivity index (χ4v) is 2.25. The summed E-state index contributed by atoms with van der Waals surface area (Å²) >= 11 is 0. The van der Waals surface area contributed by atoms with E-state index in [1.807, 2.05) is 6.92 Å². The standard InChI is InChI=1S/C14H15NO5/c1-3-14(2)7-11(17)15(13(14)20)8-4-5-9(12(18)19)10(16)6-8/h4-6,16H,3,7H2,1-2H3,(H,18,19)/t14-/m1/s1. The highest BCUT2D eigenvalue weighted by Crippen LogP contribution is 2.39. The molecule has 1 fully saturated rings. The first-order valence-corrected chi connectivity index (χ1v) is 6.24. The third-order valence-electron chi connectivity index (χ3n) is 3.76. The van der Waals surface area contributed by atoms with Crippen molar-refractivity contribution in [1.82, 2.24) is 0 Å². The maximum absolute atomic E-state index is 12.3. The molecule has 20 heavy (non-hydrogen) atoms. The molecule has 0 aliphatic carbocycles. The van der Waals surface area contributed by atoms with E-state index < -0.39 is 17.1 Å². The van der Waals surface area contributed by atoms with Crippen LogP contribution < -0.4 is 4.90 Å². The van der Waals surface area contributed by atoms with E-state index >= 15 is 0 Å². The molecule has 0 bridgehead atoms. The zero-order valence-corrected chi connectivity index (χ0v) is 11.2. The highest BCUT2D eigenvalue weighted by molar-refractivity contribution is 6.22. The van der Waals surface area contributed by atoms with Crippen molar-refractivity contribution in [3.05, 3.63) is 23.8 Å². The minimum Gasteiger partial charge on any atom is -0.507 e. The fourth-order valence-electron chi connectivity index (χ4n) is 2.25. The topological polar surface area (TPSA) is 94.9 Å². The monoisotopic (exact) mass is 277 g/mol. The lowest BCUT2D eigenvalue weighted by Crippen LogP contribution is -2.33. The summed E-state index contributed by atoms with van der Waals surface area (Å²) in [7, 11) is 0. The first-order chi connectivity index (χ1) is 9.30. The molecule has 2 N–H and O–H groups in total. The predicted octanol–water partition coefficient (Wildman–Crippen LogP) is 1.77. The molecule has 1 saturated heterocycles. The normalized spacial score (nSPS) is 22.4. The Balaban J connectivity index is 2.42. The van der Waals surface area contributed by atoms with Crippen molar-refractivity contribution in [2.24, 2.45) is 5.41 Å². The molecular formula is C14H15NO5. The number of aromatic hydroxyl groups is 1. The highest BCUT2D eigenvalue weighted by atomic mass is 16.4. The van der Waals surface area contributed by atoms with Gasteiger partial charge in [-0.05, 0) is 18.6 Å². The molecule has 0 spiro atoms. The van der Waals surface area contributed by atoms with Crippen LogP contribution in [0.5, 0.6) is 5.75 Å². The van der Waals surface area contributed by atoms with E-state index in [0.717, 1.165) is 11.0 Å². The number of aromatic carboxylic acids is 1. The summed E-state index contributed by atoms with van der Waals surface area (Å²) in [6, 6.07) is 3.65. The van der Waals surface area contributed by atoms with Gasteiger partial charge in [-0.25, -0.2) is 9.69 Å². The van der Waals surface area contributed by atoms with Gasteiger partial charge in [-0.15, -0.1) is 0 Å². The minimum atomic E-state index is -1.27. The number of carbonyl (C=O) groups is 3. The third-order valence-corrected chi connectivity index (χ3v) is 3.76. The second-order valence-electron chi connectivity index (χ2n) is 5.13. The molecule has 0 aromatic heterocycles. The van der Waals surface area contributed by atoms with Gasteiger partial charge < -0.3 is 10.2 Å². The molecule has 2 amide bonds. The van der Waals surface area contributed by atoms with E-state index in [-0.39, 0.29) is 29.5 Å². The molecule has 1 aromatic carbocycles. The summed E-state index contributed by atoms with van der Waals surface area (Å²) in [6.07, 6.45) is 0.650. The second-order valence-corrected chi connectivity index (χ2v) is 5.13. The van der Waals surface area contributed by atoms with Gasteiger partial charge in [0.1, 0.15) is 11.3 Å². The van der Waals surface area contributed by atoms with Crippen molar-refractivity contribution in [2.75, 3.05) is 4.90 Å². The maximum atomic E-state index is 12.3. The minimum absolute atomic E-state index is 0.115. The first kappa shape index (κ1) is 14.0. The van der Waals surface area contributed by atoms with Crippen molar-refractivity contribution in [1.29, 1.82) is 0 Å². The molecule has 1 aliphatic rings. The molecule has 1 atom stereocenters. The zero-order chi connectivity index (χ0) is 15.1. The molecule has 0 radical (unpaired) electrons. The van der Waals surface area contributed by atoms with Crippen LogP contribution in [0.15, 0.2) is 18.2 Å². The summed E-state index contributed by atoms with van der Waals surface area (Å²) < 4.78 is 0. The van der Waals surface area contributed by atoms with Crippen LogP contribution in [0, 0.1) is 5.41 Å². The largest absolute Gasteiger partial charge is 0.507 e. The number of phenols is 1. The van der Waals surface area contributed by atoms with Crippen molar-refractivity contribution >= 4 is 23.5 Å². The Bertz CT molecular complexity index is 610. The Morgan fingerprint density at radius 3 is 2.50 bits per heavy atom. The first-order valence-electron chi connectivity index (χ1n) is 6.24. The smallest absolute Gasteiger partial charge is 0.339 e. The SMILES string of the molecule is CC[C@]1(C)CC(=O)N(c2ccc(C(=O)O)c(O)c2)C1=O. The lowest BCUT2D eigenvalue weighted by atomic mass is 9.86. The number of nitrogens with zero attached hydrogens (tertiary/aromatic N) is 1. The summed E-state index contributed by atoms with van der Waals surface area (Å²) in [4.78, 5) is 36.1. The van der Waals surface area contributed by atoms with Gasteiger partial charge in [0.05, 0.1) is 11.1 Å². The Kier molecular flexibility index (Phi) is 3.25. The Hall–Kier alpha value is -2.37. The lowest BCUT2D eigenvalue weighted by Gasteiger charge is -2.20. The predicted molar refractivity (Wildman–Crippen MR) is 70.6 cm³/mol. The van der Waals surface area contributed by atoms with E-state index in [1.54, 1.807) is 6.92 Å². The van der Waals surface area contributed by atoms with E-state index in [4.69, 9.17) is 5.11 Å². The molecule has 106 valence electrons. The lowest BCUT2D eigenvalue weighted by molar-refractivity contribution is -0.125. The van der Waals surface area contributed by atoms with Crippen LogP contribution in [-0.4, -0.2) is 28.0 Å². The van der Waals surface area contributed by atoms with Gasteiger partial charge in [0.15, 0.2) is 0 Å². The summed E-state index contributed by atoms with van der Waals surface area (Å²) in [5, 5.41) is 18.5. The van der Waals surface area contributed by atoms with Crippen LogP contribution in [0.2, 0.25) is 0 Å². The quantitative estimate of drug-likeness (QED) is 0.821. The van der Waals surface area contributed by atoms with Gasteiger partial charge in [-0.1, -0.05) is 13.8 Å². The Morgan fingerprint density at radius 2 is 2.05 bits per heavy atom. The number of hydrogen-bond acceptors (Lipinski definition) is 4. The van der Waals surface area contributed by atoms with Crippen LogP contribution in [0.1, 0.15) is 37.0 Å². The number of carbonyl (C=O) groups excluding carboxylic acids is 2. The molecule has 0 saturated carbocycles. The van der Waals surface area contributed by atoms with Gasteiger partial charge in [0.25, 0.3) is 0 Å². The van der Waals surface area contributed by atoms with Crippen LogP contribution in [0.25, 0.3) is 0 Å². The van der Waals surface area contributed by atoms with E-state index in [9.17, 15) is 19.5 Å². The zero-order valence-electron chi connectivity index (χ0n) is 11.2. The number of carboxylic acids is 1. The number of carboxylic acid groups (broad SMARTS) is 1. The number of anilines is 1. The highest BCUT2D eigenvalue weighted by Gasteiger charge is 2.47. The number of benzene rings is 1. The van der Waals surface area contributed by atoms with Crippen molar-refractivity contribution in [3.63, 3.8) is 0 Å². The van der Waals surface area contributed by atoms with Crippen LogP contribution >= 0.6 is 0 Å². The second kappa shape index (κ2) is 4.63. The Labute approximate surface area is 115 Å². The van der Waals surface area contributed by atoms with Gasteiger partial charge >= 0.3 is 5.97 Å². The van der Waals surface area contributed by atoms with Gasteiger partial charge in [-0.3, -0.25) is 9.59 Å². The molecule has 6 heteroatoms. The summed E-state index contributed by atoms with van der Waals surface area (Å²) in [5.41, 5.74) is -0.816. The fraction of sp³-hybridized carbons (Fsp3) is 0.357. The maximum Gasteiger partial charge on any atom is 0.339 e. The number of hydrogen-bond donors (Lipinski definition) is 2. The number of rotatable bonds is 3.